The summed E-state index contributed by atoms with van der Waals surface area (Å²) in [5.74, 6) is 0.791. The maximum Gasteiger partial charge on any atom is 0.255 e. The Morgan fingerprint density at radius 1 is 1.20 bits per heavy atom. The molecule has 1 amide bonds. The van der Waals surface area contributed by atoms with E-state index in [1.807, 2.05) is 13.0 Å². The molecular formula is C17H16ClN5O2. The van der Waals surface area contributed by atoms with E-state index in [-0.39, 0.29) is 12.5 Å². The van der Waals surface area contributed by atoms with Crippen molar-refractivity contribution in [3.05, 3.63) is 64.9 Å². The predicted octanol–water partition coefficient (Wildman–Crippen LogP) is 2.64. The van der Waals surface area contributed by atoms with Crippen molar-refractivity contribution >= 4 is 17.5 Å². The van der Waals surface area contributed by atoms with Crippen molar-refractivity contribution in [1.82, 2.24) is 25.5 Å². The molecule has 0 saturated heterocycles. The average Bonchev–Trinajstić information content (AvgIpc) is 3.09. The van der Waals surface area contributed by atoms with Crippen molar-refractivity contribution in [2.24, 2.45) is 0 Å². The lowest BCUT2D eigenvalue weighted by molar-refractivity contribution is 0.0946. The van der Waals surface area contributed by atoms with E-state index < -0.39 is 0 Å². The lowest BCUT2D eigenvalue weighted by Gasteiger charge is -2.10. The number of para-hydroxylation sites is 1. The van der Waals surface area contributed by atoms with Crippen LogP contribution in [0.15, 0.2) is 48.5 Å². The number of hydrogen-bond donors (Lipinski definition) is 1. The van der Waals surface area contributed by atoms with Crippen LogP contribution < -0.4 is 10.1 Å². The Balaban J connectivity index is 1.74. The molecule has 3 rings (SSSR count). The maximum absolute atomic E-state index is 12.4. The van der Waals surface area contributed by atoms with Crippen LogP contribution in [0.1, 0.15) is 23.1 Å². The molecule has 1 heterocycles. The minimum Gasteiger partial charge on any atom is -0.493 e. The monoisotopic (exact) mass is 357 g/mol. The number of tetrazole rings is 1. The average molecular weight is 358 g/mol. The molecule has 7 nitrogen and oxygen atoms in total. The van der Waals surface area contributed by atoms with Crippen LogP contribution in [0.2, 0.25) is 5.02 Å². The van der Waals surface area contributed by atoms with E-state index in [9.17, 15) is 4.79 Å². The van der Waals surface area contributed by atoms with Gasteiger partial charge < -0.3 is 10.1 Å². The van der Waals surface area contributed by atoms with E-state index >= 15 is 0 Å². The first kappa shape index (κ1) is 16.9. The third-order valence-electron chi connectivity index (χ3n) is 3.44. The topological polar surface area (TPSA) is 81.9 Å². The molecule has 0 saturated carbocycles. The Hall–Kier alpha value is -2.93. The van der Waals surface area contributed by atoms with Crippen molar-refractivity contribution in [3.8, 4) is 11.4 Å². The third-order valence-corrected chi connectivity index (χ3v) is 3.70. The molecule has 1 aromatic heterocycles. The SMILES string of the molecule is CCOc1ccccc1C(=O)NCc1nnnn1-c1ccc(Cl)cc1. The quantitative estimate of drug-likeness (QED) is 0.733. The summed E-state index contributed by atoms with van der Waals surface area (Å²) < 4.78 is 7.03. The summed E-state index contributed by atoms with van der Waals surface area (Å²) in [6.45, 7) is 2.53. The van der Waals surface area contributed by atoms with E-state index in [2.05, 4.69) is 20.8 Å². The van der Waals surface area contributed by atoms with Gasteiger partial charge in [0.15, 0.2) is 5.82 Å². The molecule has 0 aliphatic heterocycles. The molecule has 0 aliphatic rings. The first-order valence-electron chi connectivity index (χ1n) is 7.72. The highest BCUT2D eigenvalue weighted by molar-refractivity contribution is 6.30. The molecule has 0 unspecified atom stereocenters. The van der Waals surface area contributed by atoms with Crippen LogP contribution in [0.4, 0.5) is 0 Å². The third kappa shape index (κ3) is 3.95. The number of benzene rings is 2. The van der Waals surface area contributed by atoms with Gasteiger partial charge in [-0.1, -0.05) is 23.7 Å². The van der Waals surface area contributed by atoms with Crippen LogP contribution in [0.25, 0.3) is 5.69 Å². The second-order valence-electron chi connectivity index (χ2n) is 5.10. The molecule has 0 atom stereocenters. The minimum absolute atomic E-state index is 0.176. The van der Waals surface area contributed by atoms with Crippen molar-refractivity contribution in [2.75, 3.05) is 6.61 Å². The summed E-state index contributed by atoms with van der Waals surface area (Å²) >= 11 is 5.89. The van der Waals surface area contributed by atoms with E-state index in [0.717, 1.165) is 5.69 Å². The number of carbonyl (C=O) groups excluding carboxylic acids is 1. The smallest absolute Gasteiger partial charge is 0.255 e. The number of carbonyl (C=O) groups is 1. The zero-order valence-corrected chi connectivity index (χ0v) is 14.3. The first-order chi connectivity index (χ1) is 12.2. The summed E-state index contributed by atoms with van der Waals surface area (Å²) in [5.41, 5.74) is 1.23. The number of amides is 1. The zero-order chi connectivity index (χ0) is 17.6. The Labute approximate surface area is 149 Å². The molecule has 128 valence electrons. The molecule has 3 aromatic rings. The summed E-state index contributed by atoms with van der Waals surface area (Å²) in [7, 11) is 0. The van der Waals surface area contributed by atoms with Gasteiger partial charge >= 0.3 is 0 Å². The predicted molar refractivity (Wildman–Crippen MR) is 92.9 cm³/mol. The normalized spacial score (nSPS) is 10.5. The van der Waals surface area contributed by atoms with Crippen LogP contribution in [-0.2, 0) is 6.54 Å². The highest BCUT2D eigenvalue weighted by Gasteiger charge is 2.14. The molecule has 2 aromatic carbocycles. The molecule has 0 fully saturated rings. The fourth-order valence-corrected chi connectivity index (χ4v) is 2.41. The number of aromatic nitrogens is 4. The van der Waals surface area contributed by atoms with Crippen molar-refractivity contribution < 1.29 is 9.53 Å². The van der Waals surface area contributed by atoms with Crippen LogP contribution in [0.5, 0.6) is 5.75 Å². The number of rotatable bonds is 6. The summed E-state index contributed by atoms with van der Waals surface area (Å²) in [4.78, 5) is 12.4. The number of nitrogens with zero attached hydrogens (tertiary/aromatic N) is 4. The van der Waals surface area contributed by atoms with Crippen molar-refractivity contribution in [3.63, 3.8) is 0 Å². The lowest BCUT2D eigenvalue weighted by atomic mass is 10.2. The van der Waals surface area contributed by atoms with Gasteiger partial charge in [0.2, 0.25) is 0 Å². The molecule has 0 aliphatic carbocycles. The van der Waals surface area contributed by atoms with Gasteiger partial charge in [0, 0.05) is 5.02 Å². The number of halogens is 1. The highest BCUT2D eigenvalue weighted by atomic mass is 35.5. The Morgan fingerprint density at radius 3 is 2.72 bits per heavy atom. The molecule has 0 bridgehead atoms. The van der Waals surface area contributed by atoms with Gasteiger partial charge in [0.05, 0.1) is 24.4 Å². The van der Waals surface area contributed by atoms with Crippen LogP contribution in [0.3, 0.4) is 0 Å². The van der Waals surface area contributed by atoms with E-state index in [1.165, 1.54) is 0 Å². The number of hydrogen-bond acceptors (Lipinski definition) is 5. The van der Waals surface area contributed by atoms with Gasteiger partial charge in [-0.15, -0.1) is 5.10 Å². The first-order valence-corrected chi connectivity index (χ1v) is 8.10. The van der Waals surface area contributed by atoms with Gasteiger partial charge in [-0.05, 0) is 53.7 Å². The van der Waals surface area contributed by atoms with Gasteiger partial charge in [0.1, 0.15) is 5.75 Å². The number of ether oxygens (including phenoxy) is 1. The fourth-order valence-electron chi connectivity index (χ4n) is 2.29. The largest absolute Gasteiger partial charge is 0.493 e. The highest BCUT2D eigenvalue weighted by Crippen LogP contribution is 2.18. The standard InChI is InChI=1S/C17H16ClN5O2/c1-2-25-15-6-4-3-5-14(15)17(24)19-11-16-20-21-22-23(16)13-9-7-12(18)8-10-13/h3-10H,2,11H2,1H3,(H,19,24). The molecule has 8 heteroatoms. The van der Waals surface area contributed by atoms with E-state index in [0.29, 0.717) is 28.8 Å². The maximum atomic E-state index is 12.4. The zero-order valence-electron chi connectivity index (χ0n) is 13.5. The van der Waals surface area contributed by atoms with Crippen LogP contribution in [-0.4, -0.2) is 32.7 Å². The Kier molecular flexibility index (Phi) is 5.25. The molecular weight excluding hydrogens is 342 g/mol. The summed E-state index contributed by atoms with van der Waals surface area (Å²) in [6.07, 6.45) is 0. The minimum atomic E-state index is -0.255. The Bertz CT molecular complexity index is 863. The van der Waals surface area contributed by atoms with Crippen LogP contribution in [0, 0.1) is 0 Å². The van der Waals surface area contributed by atoms with Crippen molar-refractivity contribution in [2.45, 2.75) is 13.5 Å². The molecule has 1 N–H and O–H groups in total. The molecule has 25 heavy (non-hydrogen) atoms. The van der Waals surface area contributed by atoms with Gasteiger partial charge in [-0.3, -0.25) is 4.79 Å². The summed E-state index contributed by atoms with van der Waals surface area (Å²) in [6, 6.07) is 14.2. The lowest BCUT2D eigenvalue weighted by Crippen LogP contribution is -2.25. The fraction of sp³-hybridized carbons (Fsp3) is 0.176. The molecule has 0 radical (unpaired) electrons. The van der Waals surface area contributed by atoms with Gasteiger partial charge in [-0.2, -0.15) is 4.68 Å². The number of nitrogens with one attached hydrogen (secondary N) is 1. The molecule has 0 spiro atoms. The van der Waals surface area contributed by atoms with Crippen molar-refractivity contribution in [1.29, 1.82) is 0 Å². The second-order valence-corrected chi connectivity index (χ2v) is 5.53. The van der Waals surface area contributed by atoms with Gasteiger partial charge in [-0.25, -0.2) is 0 Å². The summed E-state index contributed by atoms with van der Waals surface area (Å²) in [5, 5.41) is 15.0. The Morgan fingerprint density at radius 2 is 1.96 bits per heavy atom. The van der Waals surface area contributed by atoms with E-state index in [4.69, 9.17) is 16.3 Å². The van der Waals surface area contributed by atoms with Crippen LogP contribution >= 0.6 is 11.6 Å². The second kappa shape index (κ2) is 7.76. The van der Waals surface area contributed by atoms with E-state index in [1.54, 1.807) is 47.1 Å². The van der Waals surface area contributed by atoms with Gasteiger partial charge in [0.25, 0.3) is 5.91 Å².